The molecule has 0 aromatic carbocycles. The van der Waals surface area contributed by atoms with E-state index >= 15 is 0 Å². The first-order chi connectivity index (χ1) is 20.0. The van der Waals surface area contributed by atoms with Gasteiger partial charge in [0.1, 0.15) is 19.3 Å². The first kappa shape index (κ1) is 39.9. The zero-order chi connectivity index (χ0) is 30.2. The Kier molecular flexibility index (Phi) is 31.0. The molecule has 0 aliphatic carbocycles. The molecule has 5 nitrogen and oxygen atoms in total. The van der Waals surface area contributed by atoms with Gasteiger partial charge in [0.2, 0.25) is 0 Å². The quantitative estimate of drug-likeness (QED) is 0.0631. The summed E-state index contributed by atoms with van der Waals surface area (Å²) >= 11 is 0. The maximum atomic E-state index is 11.9. The molecule has 0 fully saturated rings. The standard InChI is InChI=1S/C36H70O5/c1-4-5-6-7-8-9-10-11-12-13-14-15-16-17-20-23-26-29-35(38)40-31-34(37)32-41-36(39)30-27-24-21-18-19-22-25-28-33(2)3/h33-34,37H,4-32H2,1-3H3/t34-/m0/s1. The van der Waals surface area contributed by atoms with Gasteiger partial charge in [0.05, 0.1) is 0 Å². The Labute approximate surface area is 255 Å². The fraction of sp³-hybridized carbons (Fsp3) is 0.944. The van der Waals surface area contributed by atoms with E-state index in [1.54, 1.807) is 0 Å². The van der Waals surface area contributed by atoms with Gasteiger partial charge in [0, 0.05) is 12.8 Å². The van der Waals surface area contributed by atoms with Crippen LogP contribution in [0.1, 0.15) is 194 Å². The predicted molar refractivity (Wildman–Crippen MR) is 173 cm³/mol. The van der Waals surface area contributed by atoms with Crippen LogP contribution in [0.5, 0.6) is 0 Å². The summed E-state index contributed by atoms with van der Waals surface area (Å²) in [6, 6.07) is 0. The van der Waals surface area contributed by atoms with Gasteiger partial charge in [-0.25, -0.2) is 0 Å². The maximum Gasteiger partial charge on any atom is 0.305 e. The summed E-state index contributed by atoms with van der Waals surface area (Å²) in [6.45, 7) is 6.60. The number of unbranched alkanes of at least 4 members (excludes halogenated alkanes) is 22. The van der Waals surface area contributed by atoms with Crippen LogP contribution < -0.4 is 0 Å². The van der Waals surface area contributed by atoms with Crippen LogP contribution in [0.3, 0.4) is 0 Å². The summed E-state index contributed by atoms with van der Waals surface area (Å²) in [5.41, 5.74) is 0. The fourth-order valence-electron chi connectivity index (χ4n) is 5.27. The Hall–Kier alpha value is -1.10. The maximum absolute atomic E-state index is 11.9. The number of carbonyl (C=O) groups excluding carboxylic acids is 2. The van der Waals surface area contributed by atoms with Crippen LogP contribution in [-0.2, 0) is 19.1 Å². The minimum atomic E-state index is -0.954. The Morgan fingerprint density at radius 1 is 0.488 bits per heavy atom. The summed E-state index contributed by atoms with van der Waals surface area (Å²) in [6.07, 6.45) is 31.6. The molecule has 1 N–H and O–H groups in total. The highest BCUT2D eigenvalue weighted by molar-refractivity contribution is 5.69. The molecule has 0 aliphatic heterocycles. The van der Waals surface area contributed by atoms with E-state index in [1.807, 2.05) is 0 Å². The third kappa shape index (κ3) is 33.3. The molecule has 0 amide bonds. The van der Waals surface area contributed by atoms with Crippen LogP contribution in [-0.4, -0.2) is 36.4 Å². The second kappa shape index (κ2) is 31.8. The molecule has 0 aromatic rings. The van der Waals surface area contributed by atoms with E-state index in [0.717, 1.165) is 38.0 Å². The number of aliphatic hydroxyl groups excluding tert-OH is 1. The third-order valence-corrected chi connectivity index (χ3v) is 8.02. The lowest BCUT2D eigenvalue weighted by Crippen LogP contribution is -2.25. The number of ether oxygens (including phenoxy) is 2. The van der Waals surface area contributed by atoms with E-state index in [4.69, 9.17) is 9.47 Å². The van der Waals surface area contributed by atoms with Gasteiger partial charge in [-0.2, -0.15) is 0 Å². The van der Waals surface area contributed by atoms with Crippen LogP contribution in [0.15, 0.2) is 0 Å². The van der Waals surface area contributed by atoms with Crippen molar-refractivity contribution in [2.75, 3.05) is 13.2 Å². The summed E-state index contributed by atoms with van der Waals surface area (Å²) in [7, 11) is 0. The molecule has 41 heavy (non-hydrogen) atoms. The summed E-state index contributed by atoms with van der Waals surface area (Å²) in [5.74, 6) is 0.237. The zero-order valence-electron chi connectivity index (χ0n) is 27.7. The Morgan fingerprint density at radius 3 is 1.10 bits per heavy atom. The van der Waals surface area contributed by atoms with Crippen molar-refractivity contribution in [3.63, 3.8) is 0 Å². The number of aliphatic hydroxyl groups is 1. The van der Waals surface area contributed by atoms with E-state index in [9.17, 15) is 14.7 Å². The van der Waals surface area contributed by atoms with Gasteiger partial charge in [0.15, 0.2) is 0 Å². The van der Waals surface area contributed by atoms with Crippen LogP contribution >= 0.6 is 0 Å². The molecular weight excluding hydrogens is 512 g/mol. The molecule has 0 bridgehead atoms. The summed E-state index contributed by atoms with van der Waals surface area (Å²) in [4.78, 5) is 23.8. The number of hydrogen-bond acceptors (Lipinski definition) is 5. The van der Waals surface area contributed by atoms with Crippen molar-refractivity contribution in [3.05, 3.63) is 0 Å². The Balaban J connectivity index is 3.38. The highest BCUT2D eigenvalue weighted by Gasteiger charge is 2.12. The van der Waals surface area contributed by atoms with Gasteiger partial charge in [-0.1, -0.05) is 168 Å². The van der Waals surface area contributed by atoms with E-state index in [-0.39, 0.29) is 25.2 Å². The number of esters is 2. The van der Waals surface area contributed by atoms with Crippen molar-refractivity contribution in [1.82, 2.24) is 0 Å². The van der Waals surface area contributed by atoms with Crippen molar-refractivity contribution in [3.8, 4) is 0 Å². The lowest BCUT2D eigenvalue weighted by molar-refractivity contribution is -0.152. The van der Waals surface area contributed by atoms with E-state index in [0.29, 0.717) is 12.8 Å². The van der Waals surface area contributed by atoms with Gasteiger partial charge in [-0.05, 0) is 18.8 Å². The molecule has 0 radical (unpaired) electrons. The Bertz CT molecular complexity index is 562. The largest absolute Gasteiger partial charge is 0.463 e. The number of hydrogen-bond donors (Lipinski definition) is 1. The first-order valence-electron chi connectivity index (χ1n) is 17.9. The van der Waals surface area contributed by atoms with E-state index in [1.165, 1.54) is 128 Å². The molecule has 0 aromatic heterocycles. The van der Waals surface area contributed by atoms with Crippen molar-refractivity contribution in [2.24, 2.45) is 5.92 Å². The van der Waals surface area contributed by atoms with E-state index in [2.05, 4.69) is 20.8 Å². The highest BCUT2D eigenvalue weighted by atomic mass is 16.6. The van der Waals surface area contributed by atoms with E-state index < -0.39 is 6.10 Å². The second-order valence-electron chi connectivity index (χ2n) is 12.8. The number of carbonyl (C=O) groups is 2. The van der Waals surface area contributed by atoms with Crippen molar-refractivity contribution in [2.45, 2.75) is 200 Å². The van der Waals surface area contributed by atoms with Gasteiger partial charge < -0.3 is 14.6 Å². The van der Waals surface area contributed by atoms with Gasteiger partial charge in [-0.3, -0.25) is 9.59 Å². The van der Waals surface area contributed by atoms with Crippen molar-refractivity contribution < 1.29 is 24.2 Å². The normalized spacial score (nSPS) is 12.1. The smallest absolute Gasteiger partial charge is 0.305 e. The van der Waals surface area contributed by atoms with Crippen LogP contribution in [0, 0.1) is 5.92 Å². The molecule has 0 saturated carbocycles. The van der Waals surface area contributed by atoms with Crippen molar-refractivity contribution >= 4 is 11.9 Å². The average Bonchev–Trinajstić information content (AvgIpc) is 2.95. The molecule has 0 heterocycles. The van der Waals surface area contributed by atoms with Gasteiger partial charge >= 0.3 is 11.9 Å². The molecule has 1 atom stereocenters. The van der Waals surface area contributed by atoms with Gasteiger partial charge in [-0.15, -0.1) is 0 Å². The zero-order valence-corrected chi connectivity index (χ0v) is 27.7. The molecule has 0 rings (SSSR count). The summed E-state index contributed by atoms with van der Waals surface area (Å²) in [5, 5.41) is 9.96. The van der Waals surface area contributed by atoms with Crippen LogP contribution in [0.2, 0.25) is 0 Å². The molecule has 5 heteroatoms. The monoisotopic (exact) mass is 583 g/mol. The van der Waals surface area contributed by atoms with Crippen molar-refractivity contribution in [1.29, 1.82) is 0 Å². The topological polar surface area (TPSA) is 72.8 Å². The van der Waals surface area contributed by atoms with Crippen LogP contribution in [0.25, 0.3) is 0 Å². The Morgan fingerprint density at radius 2 is 0.780 bits per heavy atom. The minimum absolute atomic E-state index is 0.109. The third-order valence-electron chi connectivity index (χ3n) is 8.02. The lowest BCUT2D eigenvalue weighted by atomic mass is 10.0. The predicted octanol–water partition coefficient (Wildman–Crippen LogP) is 10.6. The molecule has 244 valence electrons. The molecule has 0 saturated heterocycles. The molecular formula is C36H70O5. The molecule has 0 spiro atoms. The summed E-state index contributed by atoms with van der Waals surface area (Å²) < 4.78 is 10.3. The molecule has 0 aliphatic rings. The highest BCUT2D eigenvalue weighted by Crippen LogP contribution is 2.15. The average molecular weight is 583 g/mol. The van der Waals surface area contributed by atoms with Crippen LogP contribution in [0.4, 0.5) is 0 Å². The fourth-order valence-corrected chi connectivity index (χ4v) is 5.27. The lowest BCUT2D eigenvalue weighted by Gasteiger charge is -2.12. The second-order valence-corrected chi connectivity index (χ2v) is 12.8. The van der Waals surface area contributed by atoms with Gasteiger partial charge in [0.25, 0.3) is 0 Å². The molecule has 0 unspecified atom stereocenters. The SMILES string of the molecule is CCCCCCCCCCCCCCCCCCCC(=O)OC[C@H](O)COC(=O)CCCCCCCCCC(C)C. The number of rotatable bonds is 32. The first-order valence-corrected chi connectivity index (χ1v) is 17.9. The minimum Gasteiger partial charge on any atom is -0.463 e.